The third kappa shape index (κ3) is 3.10. The van der Waals surface area contributed by atoms with Gasteiger partial charge in [-0.05, 0) is 42.3 Å². The molecule has 0 bridgehead atoms. The summed E-state index contributed by atoms with van der Waals surface area (Å²) in [6, 6.07) is 5.03. The Morgan fingerprint density at radius 2 is 1.95 bits per heavy atom. The maximum absolute atomic E-state index is 13.6. The van der Waals surface area contributed by atoms with Crippen molar-refractivity contribution in [2.24, 2.45) is 5.84 Å². The Labute approximate surface area is 108 Å². The average molecular weight is 267 g/mol. The molecule has 0 amide bonds. The van der Waals surface area contributed by atoms with Gasteiger partial charge >= 0.3 is 0 Å². The van der Waals surface area contributed by atoms with Gasteiger partial charge in [0.05, 0.1) is 11.7 Å². The molecule has 1 atom stereocenters. The predicted molar refractivity (Wildman–Crippen MR) is 64.3 cm³/mol. The van der Waals surface area contributed by atoms with Crippen molar-refractivity contribution >= 4 is 0 Å². The molecule has 1 aromatic carbocycles. The molecule has 19 heavy (non-hydrogen) atoms. The molecule has 0 saturated carbocycles. The highest BCUT2D eigenvalue weighted by molar-refractivity contribution is 5.22. The topological polar surface area (TPSA) is 50.9 Å². The Morgan fingerprint density at radius 1 is 1.16 bits per heavy atom. The largest absolute Gasteiger partial charge is 0.271 e. The van der Waals surface area contributed by atoms with Crippen LogP contribution in [-0.4, -0.2) is 4.98 Å². The molecular formula is C13H12F3N3. The smallest absolute Gasteiger partial charge is 0.146 e. The Kier molecular flexibility index (Phi) is 4.13. The minimum absolute atomic E-state index is 0.00593. The lowest BCUT2D eigenvalue weighted by Gasteiger charge is -2.16. The van der Waals surface area contributed by atoms with Crippen LogP contribution in [0.2, 0.25) is 0 Å². The highest BCUT2D eigenvalue weighted by Gasteiger charge is 2.18. The average Bonchev–Trinajstić information content (AvgIpc) is 2.41. The molecule has 0 aliphatic carbocycles. The number of hydrogen-bond donors (Lipinski definition) is 2. The number of rotatable bonds is 4. The van der Waals surface area contributed by atoms with Crippen molar-refractivity contribution in [3.63, 3.8) is 0 Å². The summed E-state index contributed by atoms with van der Waals surface area (Å²) < 4.78 is 40.2. The van der Waals surface area contributed by atoms with E-state index < -0.39 is 23.5 Å². The SMILES string of the molecule is NNC(Cc1cc(F)ccc1F)c1ncccc1F. The molecule has 1 aromatic heterocycles. The molecule has 3 nitrogen and oxygen atoms in total. The fraction of sp³-hybridized carbons (Fsp3) is 0.154. The second-order valence-corrected chi connectivity index (χ2v) is 4.03. The van der Waals surface area contributed by atoms with E-state index in [1.165, 1.54) is 18.3 Å². The van der Waals surface area contributed by atoms with Crippen molar-refractivity contribution in [2.75, 3.05) is 0 Å². The number of nitrogens with zero attached hydrogens (tertiary/aromatic N) is 1. The van der Waals surface area contributed by atoms with Crippen LogP contribution in [0.3, 0.4) is 0 Å². The second kappa shape index (κ2) is 5.81. The van der Waals surface area contributed by atoms with E-state index in [0.29, 0.717) is 0 Å². The second-order valence-electron chi connectivity index (χ2n) is 4.03. The van der Waals surface area contributed by atoms with E-state index in [-0.39, 0.29) is 17.7 Å². The maximum atomic E-state index is 13.6. The van der Waals surface area contributed by atoms with E-state index in [4.69, 9.17) is 5.84 Å². The molecule has 1 unspecified atom stereocenters. The number of halogens is 3. The molecule has 0 spiro atoms. The molecule has 3 N–H and O–H groups in total. The zero-order valence-electron chi connectivity index (χ0n) is 9.91. The monoisotopic (exact) mass is 267 g/mol. The third-order valence-electron chi connectivity index (χ3n) is 2.75. The van der Waals surface area contributed by atoms with E-state index >= 15 is 0 Å². The van der Waals surface area contributed by atoms with Crippen molar-refractivity contribution in [1.82, 2.24) is 10.4 Å². The number of aromatic nitrogens is 1. The van der Waals surface area contributed by atoms with Gasteiger partial charge in [0.2, 0.25) is 0 Å². The maximum Gasteiger partial charge on any atom is 0.146 e. The van der Waals surface area contributed by atoms with Crippen LogP contribution in [0.4, 0.5) is 13.2 Å². The van der Waals surface area contributed by atoms with Crippen LogP contribution in [-0.2, 0) is 6.42 Å². The molecule has 2 rings (SSSR count). The number of benzene rings is 1. The molecule has 100 valence electrons. The number of hydrogen-bond acceptors (Lipinski definition) is 3. The molecule has 2 aromatic rings. The molecule has 0 aliphatic rings. The van der Waals surface area contributed by atoms with Crippen LogP contribution in [0.15, 0.2) is 36.5 Å². The summed E-state index contributed by atoms with van der Waals surface area (Å²) in [5.74, 6) is 3.65. The Balaban J connectivity index is 2.29. The van der Waals surface area contributed by atoms with Crippen molar-refractivity contribution in [3.05, 3.63) is 65.2 Å². The van der Waals surface area contributed by atoms with E-state index in [9.17, 15) is 13.2 Å². The Bertz CT molecular complexity index is 575. The first-order chi connectivity index (χ1) is 9.11. The molecule has 6 heteroatoms. The summed E-state index contributed by atoms with van der Waals surface area (Å²) in [6.07, 6.45) is 1.40. The fourth-order valence-electron chi connectivity index (χ4n) is 1.81. The van der Waals surface area contributed by atoms with Gasteiger partial charge in [0.1, 0.15) is 17.5 Å². The van der Waals surface area contributed by atoms with Crippen LogP contribution in [0.25, 0.3) is 0 Å². The fourth-order valence-corrected chi connectivity index (χ4v) is 1.81. The summed E-state index contributed by atoms with van der Waals surface area (Å²) >= 11 is 0. The van der Waals surface area contributed by atoms with Crippen molar-refractivity contribution < 1.29 is 13.2 Å². The number of pyridine rings is 1. The van der Waals surface area contributed by atoms with Crippen LogP contribution in [0.1, 0.15) is 17.3 Å². The first-order valence-corrected chi connectivity index (χ1v) is 5.62. The molecule has 0 aliphatic heterocycles. The molecule has 0 radical (unpaired) electrons. The number of nitrogens with one attached hydrogen (secondary N) is 1. The minimum atomic E-state index is -0.738. The van der Waals surface area contributed by atoms with Gasteiger partial charge in [-0.25, -0.2) is 13.2 Å². The van der Waals surface area contributed by atoms with Crippen LogP contribution < -0.4 is 11.3 Å². The van der Waals surface area contributed by atoms with Gasteiger partial charge in [0.25, 0.3) is 0 Å². The summed E-state index contributed by atoms with van der Waals surface area (Å²) in [5.41, 5.74) is 2.53. The van der Waals surface area contributed by atoms with Gasteiger partial charge in [-0.2, -0.15) is 0 Å². The van der Waals surface area contributed by atoms with E-state index in [1.54, 1.807) is 0 Å². The number of nitrogens with two attached hydrogens (primary N) is 1. The predicted octanol–water partition coefficient (Wildman–Crippen LogP) is 2.25. The van der Waals surface area contributed by atoms with Crippen molar-refractivity contribution in [2.45, 2.75) is 12.5 Å². The minimum Gasteiger partial charge on any atom is -0.271 e. The van der Waals surface area contributed by atoms with Gasteiger partial charge in [0, 0.05) is 6.20 Å². The molecule has 0 fully saturated rings. The van der Waals surface area contributed by atoms with Crippen LogP contribution in [0, 0.1) is 17.5 Å². The van der Waals surface area contributed by atoms with Gasteiger partial charge in [-0.1, -0.05) is 0 Å². The standard InChI is InChI=1S/C13H12F3N3/c14-9-3-4-10(15)8(6-9)7-12(19-17)13-11(16)2-1-5-18-13/h1-6,12,19H,7,17H2. The van der Waals surface area contributed by atoms with Gasteiger partial charge < -0.3 is 0 Å². The summed E-state index contributed by atoms with van der Waals surface area (Å²) in [4.78, 5) is 3.86. The van der Waals surface area contributed by atoms with Gasteiger partial charge in [-0.15, -0.1) is 0 Å². The molecule has 0 saturated heterocycles. The zero-order chi connectivity index (χ0) is 13.8. The number of hydrazine groups is 1. The van der Waals surface area contributed by atoms with Crippen LogP contribution in [0.5, 0.6) is 0 Å². The Hall–Kier alpha value is -1.92. The highest BCUT2D eigenvalue weighted by atomic mass is 19.1. The lowest BCUT2D eigenvalue weighted by Crippen LogP contribution is -2.31. The lowest BCUT2D eigenvalue weighted by molar-refractivity contribution is 0.482. The highest BCUT2D eigenvalue weighted by Crippen LogP contribution is 2.20. The van der Waals surface area contributed by atoms with Gasteiger partial charge in [0.15, 0.2) is 0 Å². The first-order valence-electron chi connectivity index (χ1n) is 5.62. The van der Waals surface area contributed by atoms with Crippen molar-refractivity contribution in [1.29, 1.82) is 0 Å². The summed E-state index contributed by atoms with van der Waals surface area (Å²) in [6.45, 7) is 0. The Morgan fingerprint density at radius 3 is 2.63 bits per heavy atom. The van der Waals surface area contributed by atoms with E-state index in [2.05, 4.69) is 10.4 Å². The quantitative estimate of drug-likeness (QED) is 0.660. The zero-order valence-corrected chi connectivity index (χ0v) is 9.91. The van der Waals surface area contributed by atoms with Crippen molar-refractivity contribution in [3.8, 4) is 0 Å². The molecular weight excluding hydrogens is 255 g/mol. The normalized spacial score (nSPS) is 12.4. The third-order valence-corrected chi connectivity index (χ3v) is 2.75. The van der Waals surface area contributed by atoms with E-state index in [0.717, 1.165) is 18.2 Å². The lowest BCUT2D eigenvalue weighted by atomic mass is 10.0. The molecule has 1 heterocycles. The first kappa shape index (κ1) is 13.5. The van der Waals surface area contributed by atoms with Gasteiger partial charge in [-0.3, -0.25) is 16.3 Å². The summed E-state index contributed by atoms with van der Waals surface area (Å²) in [7, 11) is 0. The van der Waals surface area contributed by atoms with E-state index in [1.807, 2.05) is 0 Å². The van der Waals surface area contributed by atoms with Crippen LogP contribution >= 0.6 is 0 Å². The summed E-state index contributed by atoms with van der Waals surface area (Å²) in [5, 5.41) is 0.